The molecule has 1 aromatic heterocycles. The molecule has 0 saturated heterocycles. The van der Waals surface area contributed by atoms with Crippen LogP contribution in [0.25, 0.3) is 21.8 Å². The van der Waals surface area contributed by atoms with E-state index in [4.69, 9.17) is 4.74 Å². The molecule has 0 spiro atoms. The predicted molar refractivity (Wildman–Crippen MR) is 87.0 cm³/mol. The van der Waals surface area contributed by atoms with Gasteiger partial charge in [0.25, 0.3) is 0 Å². The molecule has 0 saturated carbocycles. The highest BCUT2D eigenvalue weighted by atomic mass is 16.5. The van der Waals surface area contributed by atoms with Gasteiger partial charge in [0.05, 0.1) is 17.6 Å². The molecule has 3 heteroatoms. The first kappa shape index (κ1) is 13.8. The summed E-state index contributed by atoms with van der Waals surface area (Å²) in [6.45, 7) is 3.46. The molecule has 0 N–H and O–H groups in total. The molecule has 0 atom stereocenters. The topological polar surface area (TPSA) is 31.2 Å². The molecule has 0 fully saturated rings. The maximum atomic E-state index is 12.7. The van der Waals surface area contributed by atoms with Crippen LogP contribution in [-0.4, -0.2) is 18.3 Å². The van der Waals surface area contributed by atoms with Gasteiger partial charge in [0, 0.05) is 24.4 Å². The molecule has 0 aliphatic heterocycles. The van der Waals surface area contributed by atoms with Crippen molar-refractivity contribution in [3.05, 3.63) is 58.3 Å². The molecule has 0 amide bonds. The summed E-state index contributed by atoms with van der Waals surface area (Å²) < 4.78 is 7.40. The van der Waals surface area contributed by atoms with Crippen LogP contribution in [0.1, 0.15) is 12.5 Å². The van der Waals surface area contributed by atoms with Gasteiger partial charge >= 0.3 is 0 Å². The van der Waals surface area contributed by atoms with Gasteiger partial charge < -0.3 is 9.30 Å². The fourth-order valence-electron chi connectivity index (χ4n) is 2.82. The highest BCUT2D eigenvalue weighted by molar-refractivity contribution is 5.93. The Bertz CT molecular complexity index is 849. The molecule has 1 heterocycles. The minimum Gasteiger partial charge on any atom is -0.383 e. The van der Waals surface area contributed by atoms with Crippen molar-refractivity contribution in [3.63, 3.8) is 0 Å². The number of rotatable bonds is 4. The van der Waals surface area contributed by atoms with Crippen LogP contribution < -0.4 is 5.43 Å². The molecule has 2 aromatic carbocycles. The van der Waals surface area contributed by atoms with Crippen LogP contribution in [0.3, 0.4) is 0 Å². The first-order valence-electron chi connectivity index (χ1n) is 7.29. The lowest BCUT2D eigenvalue weighted by atomic mass is 10.1. The summed E-state index contributed by atoms with van der Waals surface area (Å²) in [5.74, 6) is 0. The quantitative estimate of drug-likeness (QED) is 0.687. The lowest BCUT2D eigenvalue weighted by Gasteiger charge is -2.15. The van der Waals surface area contributed by atoms with Crippen molar-refractivity contribution in [2.24, 2.45) is 0 Å². The number of aryl methyl sites for hydroxylation is 1. The predicted octanol–water partition coefficient (Wildman–Crippen LogP) is 3.36. The second-order valence-electron chi connectivity index (χ2n) is 5.20. The fraction of sp³-hybridized carbons (Fsp3) is 0.278. The van der Waals surface area contributed by atoms with E-state index in [1.165, 1.54) is 5.56 Å². The number of hydrogen-bond acceptors (Lipinski definition) is 2. The van der Waals surface area contributed by atoms with Gasteiger partial charge in [-0.3, -0.25) is 4.79 Å². The van der Waals surface area contributed by atoms with Crippen LogP contribution >= 0.6 is 0 Å². The van der Waals surface area contributed by atoms with E-state index in [0.717, 1.165) is 34.8 Å². The van der Waals surface area contributed by atoms with Crippen molar-refractivity contribution in [1.29, 1.82) is 0 Å². The molecule has 3 nitrogen and oxygen atoms in total. The van der Waals surface area contributed by atoms with E-state index in [-0.39, 0.29) is 5.43 Å². The zero-order valence-electron chi connectivity index (χ0n) is 12.4. The Balaban J connectivity index is 2.42. The number of pyridine rings is 1. The molecule has 21 heavy (non-hydrogen) atoms. The minimum absolute atomic E-state index is 0.115. The standard InChI is InChI=1S/C18H19NO2/c1-3-13-8-9-17-15(12-13)18(20)14-6-4-5-7-16(14)19(17)10-11-21-2/h4-9,12H,3,10-11H2,1-2H3. The number of benzene rings is 2. The Hall–Kier alpha value is -2.13. The normalized spacial score (nSPS) is 11.3. The molecule has 108 valence electrons. The summed E-state index contributed by atoms with van der Waals surface area (Å²) in [5.41, 5.74) is 3.25. The smallest absolute Gasteiger partial charge is 0.197 e. The third kappa shape index (κ3) is 2.34. The fourth-order valence-corrected chi connectivity index (χ4v) is 2.82. The third-order valence-electron chi connectivity index (χ3n) is 3.96. The van der Waals surface area contributed by atoms with Crippen molar-refractivity contribution in [1.82, 2.24) is 4.57 Å². The monoisotopic (exact) mass is 281 g/mol. The number of hydrogen-bond donors (Lipinski definition) is 0. The SMILES string of the molecule is CCc1ccc2c(c1)c(=O)c1ccccc1n2CCOC. The van der Waals surface area contributed by atoms with Gasteiger partial charge in [0.15, 0.2) is 5.43 Å². The zero-order valence-corrected chi connectivity index (χ0v) is 12.4. The number of nitrogens with zero attached hydrogens (tertiary/aromatic N) is 1. The van der Waals surface area contributed by atoms with Crippen molar-refractivity contribution in [2.45, 2.75) is 19.9 Å². The van der Waals surface area contributed by atoms with E-state index in [0.29, 0.717) is 6.61 Å². The van der Waals surface area contributed by atoms with E-state index in [1.54, 1.807) is 7.11 Å². The molecule has 0 aliphatic carbocycles. The van der Waals surface area contributed by atoms with Gasteiger partial charge in [0.2, 0.25) is 0 Å². The van der Waals surface area contributed by atoms with Gasteiger partial charge in [-0.15, -0.1) is 0 Å². The molecule has 0 bridgehead atoms. The molecule has 0 unspecified atom stereocenters. The van der Waals surface area contributed by atoms with Crippen LogP contribution in [0.4, 0.5) is 0 Å². The van der Waals surface area contributed by atoms with Crippen molar-refractivity contribution < 1.29 is 4.74 Å². The first-order valence-corrected chi connectivity index (χ1v) is 7.29. The molecular formula is C18H19NO2. The Morgan fingerprint density at radius 2 is 1.81 bits per heavy atom. The zero-order chi connectivity index (χ0) is 14.8. The van der Waals surface area contributed by atoms with Crippen LogP contribution in [0.5, 0.6) is 0 Å². The average Bonchev–Trinajstić information content (AvgIpc) is 2.54. The van der Waals surface area contributed by atoms with Crippen LogP contribution in [0, 0.1) is 0 Å². The third-order valence-corrected chi connectivity index (χ3v) is 3.96. The molecule has 3 aromatic rings. The molecule has 0 aliphatic rings. The van der Waals surface area contributed by atoms with Gasteiger partial charge in [-0.25, -0.2) is 0 Å². The van der Waals surface area contributed by atoms with Crippen LogP contribution in [0.15, 0.2) is 47.3 Å². The van der Waals surface area contributed by atoms with Gasteiger partial charge in [-0.05, 0) is 36.2 Å². The first-order chi connectivity index (χ1) is 10.3. The summed E-state index contributed by atoms with van der Waals surface area (Å²) in [6.07, 6.45) is 0.931. The number of methoxy groups -OCH3 is 1. The lowest BCUT2D eigenvalue weighted by Crippen LogP contribution is -2.14. The Labute approximate surface area is 123 Å². The van der Waals surface area contributed by atoms with E-state index in [9.17, 15) is 4.79 Å². The Morgan fingerprint density at radius 3 is 2.57 bits per heavy atom. The number of para-hydroxylation sites is 1. The Morgan fingerprint density at radius 1 is 1.05 bits per heavy atom. The number of aromatic nitrogens is 1. The van der Waals surface area contributed by atoms with Crippen molar-refractivity contribution in [3.8, 4) is 0 Å². The number of fused-ring (bicyclic) bond motifs is 2. The second-order valence-corrected chi connectivity index (χ2v) is 5.20. The van der Waals surface area contributed by atoms with Crippen LogP contribution in [0.2, 0.25) is 0 Å². The summed E-state index contributed by atoms with van der Waals surface area (Å²) in [5, 5.41) is 1.57. The minimum atomic E-state index is 0.115. The maximum absolute atomic E-state index is 12.7. The second kappa shape index (κ2) is 5.70. The van der Waals surface area contributed by atoms with Gasteiger partial charge in [-0.1, -0.05) is 25.1 Å². The van der Waals surface area contributed by atoms with Crippen LogP contribution in [-0.2, 0) is 17.7 Å². The van der Waals surface area contributed by atoms with Crippen molar-refractivity contribution >= 4 is 21.8 Å². The average molecular weight is 281 g/mol. The summed E-state index contributed by atoms with van der Waals surface area (Å²) in [7, 11) is 1.70. The number of ether oxygens (including phenoxy) is 1. The highest BCUT2D eigenvalue weighted by Crippen LogP contribution is 2.20. The van der Waals surface area contributed by atoms with E-state index >= 15 is 0 Å². The molecular weight excluding hydrogens is 262 g/mol. The largest absolute Gasteiger partial charge is 0.383 e. The van der Waals surface area contributed by atoms with E-state index in [2.05, 4.69) is 23.6 Å². The van der Waals surface area contributed by atoms with Crippen molar-refractivity contribution in [2.75, 3.05) is 13.7 Å². The van der Waals surface area contributed by atoms with Gasteiger partial charge in [-0.2, -0.15) is 0 Å². The van der Waals surface area contributed by atoms with E-state index < -0.39 is 0 Å². The maximum Gasteiger partial charge on any atom is 0.197 e. The molecule has 0 radical (unpaired) electrons. The summed E-state index contributed by atoms with van der Waals surface area (Å²) in [4.78, 5) is 12.7. The summed E-state index contributed by atoms with van der Waals surface area (Å²) in [6, 6.07) is 14.0. The van der Waals surface area contributed by atoms with Gasteiger partial charge in [0.1, 0.15) is 0 Å². The Kier molecular flexibility index (Phi) is 3.76. The summed E-state index contributed by atoms with van der Waals surface area (Å²) >= 11 is 0. The lowest BCUT2D eigenvalue weighted by molar-refractivity contribution is 0.189. The molecule has 3 rings (SSSR count). The highest BCUT2D eigenvalue weighted by Gasteiger charge is 2.10. The van der Waals surface area contributed by atoms with E-state index in [1.807, 2.05) is 30.3 Å².